The fourth-order valence-corrected chi connectivity index (χ4v) is 6.21. The molecular formula is C11H17BrClP. The summed E-state index contributed by atoms with van der Waals surface area (Å²) in [6.45, 7) is 6.42. The molecule has 0 heterocycles. The molecule has 0 nitrogen and oxygen atoms in total. The van der Waals surface area contributed by atoms with E-state index < -0.39 is 5.32 Å². The first-order valence-corrected chi connectivity index (χ1v) is 10.4. The Morgan fingerprint density at radius 2 is 1.71 bits per heavy atom. The van der Waals surface area contributed by atoms with Crippen LogP contribution in [0.15, 0.2) is 18.2 Å². The summed E-state index contributed by atoms with van der Waals surface area (Å²) in [6.07, 6.45) is 2.21. The Hall–Kier alpha value is 0.420. The van der Waals surface area contributed by atoms with Gasteiger partial charge in [0, 0.05) is 0 Å². The average molecular weight is 296 g/mol. The van der Waals surface area contributed by atoms with Gasteiger partial charge in [-0.2, -0.15) is 0 Å². The van der Waals surface area contributed by atoms with Gasteiger partial charge in [-0.25, -0.2) is 0 Å². The summed E-state index contributed by atoms with van der Waals surface area (Å²) in [5, 5.41) is -0.553. The summed E-state index contributed by atoms with van der Waals surface area (Å²) >= 11 is 10.3. The maximum absolute atomic E-state index is 6.56. The molecule has 0 aromatic heterocycles. The van der Waals surface area contributed by atoms with Gasteiger partial charge in [-0.1, -0.05) is 0 Å². The Morgan fingerprint density at radius 3 is 2.14 bits per heavy atom. The van der Waals surface area contributed by atoms with Gasteiger partial charge >= 0.3 is 100 Å². The van der Waals surface area contributed by atoms with Crippen LogP contribution in [-0.4, -0.2) is 6.16 Å². The molecule has 0 atom stereocenters. The molecule has 0 fully saturated rings. The van der Waals surface area contributed by atoms with Gasteiger partial charge in [0.15, 0.2) is 0 Å². The van der Waals surface area contributed by atoms with Crippen LogP contribution in [0.4, 0.5) is 0 Å². The number of hydrogen-bond acceptors (Lipinski definition) is 0. The van der Waals surface area contributed by atoms with Gasteiger partial charge in [0.25, 0.3) is 0 Å². The fraction of sp³-hybridized carbons (Fsp3) is 0.455. The van der Waals surface area contributed by atoms with Crippen LogP contribution in [0.25, 0.3) is 0 Å². The zero-order valence-electron chi connectivity index (χ0n) is 8.90. The van der Waals surface area contributed by atoms with Crippen molar-refractivity contribution in [2.24, 2.45) is 0 Å². The monoisotopic (exact) mass is 294 g/mol. The van der Waals surface area contributed by atoms with E-state index in [4.69, 9.17) is 11.2 Å². The van der Waals surface area contributed by atoms with Gasteiger partial charge in [-0.3, -0.25) is 0 Å². The average Bonchev–Trinajstić information content (AvgIpc) is 2.02. The van der Waals surface area contributed by atoms with Crippen LogP contribution < -0.4 is 5.30 Å². The van der Waals surface area contributed by atoms with Gasteiger partial charge < -0.3 is 0 Å². The van der Waals surface area contributed by atoms with Gasteiger partial charge in [0.05, 0.1) is 0 Å². The quantitative estimate of drug-likeness (QED) is 0.718. The van der Waals surface area contributed by atoms with Gasteiger partial charge in [-0.15, -0.1) is 0 Å². The minimum atomic E-state index is -1.86. The summed E-state index contributed by atoms with van der Waals surface area (Å²) in [6, 6.07) is 6.59. The second-order valence-electron chi connectivity index (χ2n) is 3.83. The maximum atomic E-state index is 6.56. The molecule has 0 N–H and O–H groups in total. The van der Waals surface area contributed by atoms with Crippen molar-refractivity contribution in [2.45, 2.75) is 27.2 Å². The van der Waals surface area contributed by atoms with Crippen LogP contribution in [0.5, 0.6) is 0 Å². The van der Waals surface area contributed by atoms with Crippen molar-refractivity contribution in [3.05, 3.63) is 29.3 Å². The van der Waals surface area contributed by atoms with Crippen LogP contribution in [-0.2, 0) is 0 Å². The first-order chi connectivity index (χ1) is 6.45. The molecule has 0 aliphatic rings. The van der Waals surface area contributed by atoms with Crippen molar-refractivity contribution < 1.29 is 0 Å². The third kappa shape index (κ3) is 3.22. The summed E-state index contributed by atoms with van der Waals surface area (Å²) in [7, 11) is 0. The second-order valence-corrected chi connectivity index (χ2v) is 13.7. The van der Waals surface area contributed by atoms with E-state index >= 15 is 0 Å². The molecule has 1 aromatic rings. The molecule has 3 heteroatoms. The molecule has 0 amide bonds. The molecule has 0 saturated carbocycles. The molecule has 0 aliphatic carbocycles. The molecular weight excluding hydrogens is 278 g/mol. The van der Waals surface area contributed by atoms with Gasteiger partial charge in [-0.05, 0) is 0 Å². The number of rotatable bonds is 3. The molecule has 1 rings (SSSR count). The van der Waals surface area contributed by atoms with Gasteiger partial charge in [0.1, 0.15) is 0 Å². The minimum absolute atomic E-state index is 1.08. The van der Waals surface area contributed by atoms with E-state index in [1.807, 2.05) is 0 Å². The van der Waals surface area contributed by atoms with Crippen LogP contribution in [0.2, 0.25) is 0 Å². The fourth-order valence-electron chi connectivity index (χ4n) is 1.64. The van der Waals surface area contributed by atoms with Crippen molar-refractivity contribution in [3.8, 4) is 0 Å². The zero-order chi connectivity index (χ0) is 10.8. The van der Waals surface area contributed by atoms with Crippen molar-refractivity contribution in [2.75, 3.05) is 6.16 Å². The number of hydrogen-bond donors (Lipinski definition) is 0. The van der Waals surface area contributed by atoms with E-state index in [-0.39, 0.29) is 0 Å². The first-order valence-electron chi connectivity index (χ1n) is 4.92. The van der Waals surface area contributed by atoms with Crippen molar-refractivity contribution >= 4 is 37.4 Å². The van der Waals surface area contributed by atoms with Crippen LogP contribution in [0, 0.1) is 13.8 Å². The summed E-state index contributed by atoms with van der Waals surface area (Å²) in [4.78, 5) is 0. The molecule has 0 radical (unpaired) electrons. The molecule has 0 aliphatic heterocycles. The normalized spacial score (nSPS) is 12.9. The molecule has 1 aromatic carbocycles. The number of benzene rings is 1. The topological polar surface area (TPSA) is 0 Å². The summed E-state index contributed by atoms with van der Waals surface area (Å²) < 4.78 is 0. The Bertz CT molecular complexity index is 303. The predicted molar refractivity (Wildman–Crippen MR) is 73.8 cm³/mol. The molecule has 0 unspecified atom stereocenters. The third-order valence-corrected chi connectivity index (χ3v) is 8.25. The van der Waals surface area contributed by atoms with Crippen molar-refractivity contribution in [1.29, 1.82) is 0 Å². The SMILES string of the molecule is CCC[PH](Cl)(Br)c1cc(C)cc(C)c1. The Balaban J connectivity index is 3.05. The molecule has 14 heavy (non-hydrogen) atoms. The Morgan fingerprint density at radius 1 is 1.21 bits per heavy atom. The number of aryl methyl sites for hydroxylation is 2. The van der Waals surface area contributed by atoms with Crippen LogP contribution >= 0.6 is 32.0 Å². The van der Waals surface area contributed by atoms with Crippen molar-refractivity contribution in [1.82, 2.24) is 0 Å². The standard InChI is InChI=1S/C11H17BrClP/c1-4-5-14(12,13)11-7-9(2)6-10(3)8-11/h6-8,14H,4-5H2,1-3H3. The van der Waals surface area contributed by atoms with E-state index in [0.29, 0.717) is 0 Å². The van der Waals surface area contributed by atoms with Crippen LogP contribution in [0.3, 0.4) is 0 Å². The van der Waals surface area contributed by atoms with E-state index in [0.717, 1.165) is 12.6 Å². The Kier molecular flexibility index (Phi) is 4.43. The van der Waals surface area contributed by atoms with E-state index in [1.54, 1.807) is 0 Å². The molecule has 0 saturated heterocycles. The van der Waals surface area contributed by atoms with E-state index in [1.165, 1.54) is 16.4 Å². The Labute approximate surface area is 99.9 Å². The second kappa shape index (κ2) is 4.96. The first kappa shape index (κ1) is 12.5. The van der Waals surface area contributed by atoms with E-state index in [9.17, 15) is 0 Å². The van der Waals surface area contributed by atoms with Gasteiger partial charge in [0.2, 0.25) is 0 Å². The summed E-state index contributed by atoms with van der Waals surface area (Å²) in [5.41, 5.74) is 2.60. The molecule has 0 spiro atoms. The third-order valence-electron chi connectivity index (χ3n) is 2.21. The molecule has 0 bridgehead atoms. The summed E-state index contributed by atoms with van der Waals surface area (Å²) in [5.74, 6) is 0. The van der Waals surface area contributed by atoms with Crippen molar-refractivity contribution in [3.63, 3.8) is 0 Å². The zero-order valence-corrected chi connectivity index (χ0v) is 12.2. The number of halogens is 2. The van der Waals surface area contributed by atoms with Crippen LogP contribution in [0.1, 0.15) is 24.5 Å². The van der Waals surface area contributed by atoms with E-state index in [2.05, 4.69) is 54.5 Å². The molecule has 80 valence electrons. The predicted octanol–water partition coefficient (Wildman–Crippen LogP) is 4.55.